The number of nitrogens with one attached hydrogen (secondary N) is 2. The number of thiophene rings is 1. The van der Waals surface area contributed by atoms with Gasteiger partial charge < -0.3 is 10.6 Å². The van der Waals surface area contributed by atoms with Crippen LogP contribution in [0.4, 0.5) is 11.5 Å². The van der Waals surface area contributed by atoms with Crippen LogP contribution in [0.1, 0.15) is 58.4 Å². The van der Waals surface area contributed by atoms with Gasteiger partial charge in [0.05, 0.1) is 23.3 Å². The summed E-state index contributed by atoms with van der Waals surface area (Å²) in [6.45, 7) is 4.94. The summed E-state index contributed by atoms with van der Waals surface area (Å²) in [7, 11) is 0. The van der Waals surface area contributed by atoms with E-state index in [-0.39, 0.29) is 11.9 Å². The molecule has 3 heterocycles. The molecule has 3 aromatic rings. The largest absolute Gasteiger partial charge is 0.356 e. The molecule has 0 radical (unpaired) electrons. The molecule has 1 aliphatic rings. The molecule has 0 aliphatic heterocycles. The second-order valence-corrected chi connectivity index (χ2v) is 9.46. The summed E-state index contributed by atoms with van der Waals surface area (Å²) < 4.78 is 1.99. The molecule has 1 unspecified atom stereocenters. The van der Waals surface area contributed by atoms with Crippen molar-refractivity contribution in [1.29, 1.82) is 0 Å². The van der Waals surface area contributed by atoms with E-state index >= 15 is 0 Å². The van der Waals surface area contributed by atoms with Gasteiger partial charge in [0.15, 0.2) is 0 Å². The molecule has 3 aromatic heterocycles. The van der Waals surface area contributed by atoms with Crippen molar-refractivity contribution in [3.05, 3.63) is 30.2 Å². The van der Waals surface area contributed by atoms with Crippen molar-refractivity contribution in [1.82, 2.24) is 25.1 Å². The van der Waals surface area contributed by atoms with Crippen LogP contribution in [0.15, 0.2) is 30.2 Å². The monoisotopic (exact) mass is 426 g/mol. The first-order valence-corrected chi connectivity index (χ1v) is 11.7. The van der Waals surface area contributed by atoms with Crippen molar-refractivity contribution in [2.45, 2.75) is 58.4 Å². The number of anilines is 2. The normalized spacial score (nSPS) is 16.1. The van der Waals surface area contributed by atoms with Crippen LogP contribution in [0, 0.1) is 11.8 Å². The fraction of sp³-hybridized carbons (Fsp3) is 0.545. The zero-order valence-electron chi connectivity index (χ0n) is 17.7. The highest BCUT2D eigenvalue weighted by atomic mass is 32.1. The van der Waals surface area contributed by atoms with Gasteiger partial charge in [0, 0.05) is 19.2 Å². The van der Waals surface area contributed by atoms with Crippen molar-refractivity contribution in [3.8, 4) is 0 Å². The SMILES string of the molecule is CC(C)CNC(=O)CC(C1CCCCC1)n1cc(Nc2ncnc3sccc23)cn1. The molecule has 160 valence electrons. The zero-order valence-corrected chi connectivity index (χ0v) is 18.5. The van der Waals surface area contributed by atoms with Crippen LogP contribution in [0.3, 0.4) is 0 Å². The van der Waals surface area contributed by atoms with Gasteiger partial charge in [-0.2, -0.15) is 5.10 Å². The lowest BCUT2D eigenvalue weighted by Crippen LogP contribution is -2.32. The molecular formula is C22H30N6OS. The Bertz CT molecular complexity index is 975. The second kappa shape index (κ2) is 9.55. The summed E-state index contributed by atoms with van der Waals surface area (Å²) in [5.41, 5.74) is 0.879. The van der Waals surface area contributed by atoms with Gasteiger partial charge in [-0.1, -0.05) is 33.1 Å². The lowest BCUT2D eigenvalue weighted by molar-refractivity contribution is -0.122. The first-order valence-electron chi connectivity index (χ1n) is 10.9. The Morgan fingerprint density at radius 2 is 2.10 bits per heavy atom. The fourth-order valence-electron chi connectivity index (χ4n) is 4.19. The summed E-state index contributed by atoms with van der Waals surface area (Å²) >= 11 is 1.60. The molecule has 1 aliphatic carbocycles. The molecule has 2 N–H and O–H groups in total. The Morgan fingerprint density at radius 1 is 1.27 bits per heavy atom. The summed E-state index contributed by atoms with van der Waals surface area (Å²) in [5.74, 6) is 1.83. The highest BCUT2D eigenvalue weighted by Crippen LogP contribution is 2.35. The maximum absolute atomic E-state index is 12.6. The number of hydrogen-bond donors (Lipinski definition) is 2. The van der Waals surface area contributed by atoms with Crippen LogP contribution < -0.4 is 10.6 Å². The standard InChI is InChI=1S/C22H30N6OS/c1-15(2)11-23-20(29)10-19(16-6-4-3-5-7-16)28-13-17(12-26-28)27-21-18-8-9-30-22(18)25-14-24-21/h8-9,12-16,19H,3-7,10-11H2,1-2H3,(H,23,29)(H,24,25,27). The number of carbonyl (C=O) groups excluding carboxylic acids is 1. The van der Waals surface area contributed by atoms with E-state index in [1.807, 2.05) is 28.5 Å². The number of rotatable bonds is 8. The molecule has 1 amide bonds. The summed E-state index contributed by atoms with van der Waals surface area (Å²) in [6, 6.07) is 2.11. The third-order valence-electron chi connectivity index (χ3n) is 5.76. The van der Waals surface area contributed by atoms with Crippen LogP contribution in [0.2, 0.25) is 0 Å². The van der Waals surface area contributed by atoms with Gasteiger partial charge in [-0.3, -0.25) is 9.48 Å². The van der Waals surface area contributed by atoms with Crippen molar-refractivity contribution >= 4 is 39.0 Å². The molecule has 4 rings (SSSR count). The molecule has 0 bridgehead atoms. The van der Waals surface area contributed by atoms with E-state index in [1.165, 1.54) is 19.3 Å². The molecule has 0 spiro atoms. The van der Waals surface area contributed by atoms with Gasteiger partial charge >= 0.3 is 0 Å². The highest BCUT2D eigenvalue weighted by Gasteiger charge is 2.28. The molecule has 1 fully saturated rings. The summed E-state index contributed by atoms with van der Waals surface area (Å²) in [6.07, 6.45) is 12.0. The topological polar surface area (TPSA) is 84.7 Å². The highest BCUT2D eigenvalue weighted by molar-refractivity contribution is 7.16. The molecule has 30 heavy (non-hydrogen) atoms. The Balaban J connectivity index is 1.51. The number of fused-ring (bicyclic) bond motifs is 1. The van der Waals surface area contributed by atoms with Crippen LogP contribution in [-0.4, -0.2) is 32.2 Å². The van der Waals surface area contributed by atoms with Gasteiger partial charge in [0.25, 0.3) is 0 Å². The number of aromatic nitrogens is 4. The molecule has 0 aromatic carbocycles. The summed E-state index contributed by atoms with van der Waals surface area (Å²) in [5, 5.41) is 14.1. The average molecular weight is 427 g/mol. The smallest absolute Gasteiger partial charge is 0.222 e. The lowest BCUT2D eigenvalue weighted by Gasteiger charge is -2.30. The Kier molecular flexibility index (Phi) is 6.62. The number of hydrogen-bond acceptors (Lipinski definition) is 6. The Hall–Kier alpha value is -2.48. The molecule has 0 saturated heterocycles. The molecule has 1 saturated carbocycles. The summed E-state index contributed by atoms with van der Waals surface area (Å²) in [4.78, 5) is 22.3. The maximum atomic E-state index is 12.6. The first-order chi connectivity index (χ1) is 14.6. The Labute approximate surface area is 181 Å². The molecule has 1 atom stereocenters. The maximum Gasteiger partial charge on any atom is 0.222 e. The van der Waals surface area contributed by atoms with E-state index in [9.17, 15) is 4.79 Å². The van der Waals surface area contributed by atoms with E-state index < -0.39 is 0 Å². The predicted molar refractivity (Wildman–Crippen MR) is 121 cm³/mol. The molecular weight excluding hydrogens is 396 g/mol. The third-order valence-corrected chi connectivity index (χ3v) is 6.58. The zero-order chi connectivity index (χ0) is 20.9. The number of amides is 1. The van der Waals surface area contributed by atoms with Gasteiger partial charge in [-0.25, -0.2) is 9.97 Å². The van der Waals surface area contributed by atoms with Crippen molar-refractivity contribution in [2.24, 2.45) is 11.8 Å². The van der Waals surface area contributed by atoms with Crippen LogP contribution in [-0.2, 0) is 4.79 Å². The van der Waals surface area contributed by atoms with Crippen molar-refractivity contribution in [3.63, 3.8) is 0 Å². The first kappa shape index (κ1) is 20.8. The van der Waals surface area contributed by atoms with Crippen LogP contribution in [0.25, 0.3) is 10.2 Å². The fourth-order valence-corrected chi connectivity index (χ4v) is 4.92. The van der Waals surface area contributed by atoms with Crippen molar-refractivity contribution < 1.29 is 4.79 Å². The van der Waals surface area contributed by atoms with E-state index in [0.717, 1.165) is 34.6 Å². The quantitative estimate of drug-likeness (QED) is 0.534. The molecule has 7 nitrogen and oxygen atoms in total. The average Bonchev–Trinajstić information content (AvgIpc) is 3.41. The number of nitrogens with zero attached hydrogens (tertiary/aromatic N) is 4. The minimum absolute atomic E-state index is 0.0829. The predicted octanol–water partition coefficient (Wildman–Crippen LogP) is 4.92. The minimum atomic E-state index is 0.0829. The third kappa shape index (κ3) is 4.98. The number of carbonyl (C=O) groups is 1. The van der Waals surface area contributed by atoms with E-state index in [0.29, 0.717) is 24.8 Å². The van der Waals surface area contributed by atoms with Gasteiger partial charge in [0.1, 0.15) is 17.0 Å². The Morgan fingerprint density at radius 3 is 2.90 bits per heavy atom. The lowest BCUT2D eigenvalue weighted by atomic mass is 9.82. The second-order valence-electron chi connectivity index (χ2n) is 8.56. The van der Waals surface area contributed by atoms with Gasteiger partial charge in [-0.05, 0) is 36.1 Å². The van der Waals surface area contributed by atoms with Crippen LogP contribution in [0.5, 0.6) is 0 Å². The van der Waals surface area contributed by atoms with E-state index in [1.54, 1.807) is 17.7 Å². The van der Waals surface area contributed by atoms with E-state index in [4.69, 9.17) is 0 Å². The van der Waals surface area contributed by atoms with Gasteiger partial charge in [-0.15, -0.1) is 11.3 Å². The van der Waals surface area contributed by atoms with Gasteiger partial charge in [0.2, 0.25) is 5.91 Å². The van der Waals surface area contributed by atoms with Crippen LogP contribution >= 0.6 is 11.3 Å². The molecule has 8 heteroatoms. The van der Waals surface area contributed by atoms with Crippen molar-refractivity contribution in [2.75, 3.05) is 11.9 Å². The van der Waals surface area contributed by atoms with E-state index in [2.05, 4.69) is 39.5 Å². The minimum Gasteiger partial charge on any atom is -0.356 e.